The van der Waals surface area contributed by atoms with Gasteiger partial charge in [0.15, 0.2) is 0 Å². The van der Waals surface area contributed by atoms with Crippen LogP contribution in [0.3, 0.4) is 0 Å². The van der Waals surface area contributed by atoms with Crippen LogP contribution in [-0.4, -0.2) is 30.9 Å². The molecule has 1 fully saturated rings. The smallest absolute Gasteiger partial charge is 0.466 e. The van der Waals surface area contributed by atoms with Gasteiger partial charge in [0.25, 0.3) is 0 Å². The third-order valence-electron chi connectivity index (χ3n) is 5.02. The van der Waals surface area contributed by atoms with E-state index in [-0.39, 0.29) is 17.5 Å². The fourth-order valence-corrected chi connectivity index (χ4v) is 3.29. The molecule has 0 aromatic heterocycles. The van der Waals surface area contributed by atoms with Gasteiger partial charge in [-0.1, -0.05) is 22.0 Å². The number of alkyl halides is 3. The summed E-state index contributed by atoms with van der Waals surface area (Å²) in [5.74, 6) is -1.26. The Kier molecular flexibility index (Phi) is 6.39. The minimum Gasteiger partial charge on any atom is -0.466 e. The predicted octanol–water partition coefficient (Wildman–Crippen LogP) is 5.14. The maximum atomic E-state index is 13.3. The zero-order chi connectivity index (χ0) is 20.6. The fourth-order valence-electron chi connectivity index (χ4n) is 2.81. The van der Waals surface area contributed by atoms with E-state index >= 15 is 0 Å². The van der Waals surface area contributed by atoms with E-state index in [1.165, 1.54) is 12.1 Å². The summed E-state index contributed by atoms with van der Waals surface area (Å²) in [5.41, 5.74) is -1.86. The van der Waals surface area contributed by atoms with E-state index in [0.29, 0.717) is 5.56 Å². The largest absolute Gasteiger partial charge is 0.466 e. The molecule has 1 atom stereocenters. The van der Waals surface area contributed by atoms with Gasteiger partial charge in [-0.3, -0.25) is 4.79 Å². The average molecular weight is 451 g/mol. The van der Waals surface area contributed by atoms with Gasteiger partial charge in [-0.15, -0.1) is 0 Å². The molecule has 0 radical (unpaired) electrons. The third kappa shape index (κ3) is 4.87. The number of carbonyl (C=O) groups is 1. The molecule has 1 aliphatic rings. The van der Waals surface area contributed by atoms with Crippen molar-refractivity contribution in [2.75, 3.05) is 6.61 Å². The molecule has 1 saturated heterocycles. The van der Waals surface area contributed by atoms with Gasteiger partial charge in [-0.25, -0.2) is 0 Å². The van der Waals surface area contributed by atoms with E-state index in [4.69, 9.17) is 14.0 Å². The van der Waals surface area contributed by atoms with Crippen LogP contribution in [0.4, 0.5) is 13.2 Å². The molecule has 0 spiro atoms. The Morgan fingerprint density at radius 2 is 1.78 bits per heavy atom. The van der Waals surface area contributed by atoms with E-state index in [0.717, 1.165) is 6.07 Å². The highest BCUT2D eigenvalue weighted by molar-refractivity contribution is 9.10. The SMILES string of the molecule is CCOC(=O)CC(B1OC(C)(C)C(C)(C)O1)c1ccc(Br)c(C(F)(F)F)c1. The van der Waals surface area contributed by atoms with Gasteiger partial charge in [0.05, 0.1) is 29.8 Å². The second kappa shape index (κ2) is 7.76. The van der Waals surface area contributed by atoms with Gasteiger partial charge in [-0.05, 0) is 52.3 Å². The van der Waals surface area contributed by atoms with Gasteiger partial charge in [0.2, 0.25) is 0 Å². The lowest BCUT2D eigenvalue weighted by Gasteiger charge is -2.32. The van der Waals surface area contributed by atoms with Crippen molar-refractivity contribution >= 4 is 29.0 Å². The van der Waals surface area contributed by atoms with E-state index in [2.05, 4.69) is 15.9 Å². The Morgan fingerprint density at radius 3 is 2.26 bits per heavy atom. The molecular formula is C18H23BBrF3O4. The normalized spacial score (nSPS) is 19.8. The van der Waals surface area contributed by atoms with E-state index in [1.54, 1.807) is 6.92 Å². The highest BCUT2D eigenvalue weighted by atomic mass is 79.9. The molecule has 0 saturated carbocycles. The van der Waals surface area contributed by atoms with Crippen molar-refractivity contribution in [1.82, 2.24) is 0 Å². The van der Waals surface area contributed by atoms with E-state index < -0.39 is 41.8 Å². The van der Waals surface area contributed by atoms with Gasteiger partial charge in [-0.2, -0.15) is 13.2 Å². The molecule has 1 aliphatic heterocycles. The highest BCUT2D eigenvalue weighted by Crippen LogP contribution is 2.43. The summed E-state index contributed by atoms with van der Waals surface area (Å²) < 4.78 is 56.9. The summed E-state index contributed by atoms with van der Waals surface area (Å²) in [6, 6.07) is 3.88. The molecule has 0 N–H and O–H groups in total. The number of halogens is 4. The summed E-state index contributed by atoms with van der Waals surface area (Å²) in [5, 5.41) is 0. The predicted molar refractivity (Wildman–Crippen MR) is 99.2 cm³/mol. The minimum absolute atomic E-state index is 0.0671. The van der Waals surface area contributed by atoms with Crippen molar-refractivity contribution in [1.29, 1.82) is 0 Å². The second-order valence-electron chi connectivity index (χ2n) is 7.48. The topological polar surface area (TPSA) is 44.8 Å². The van der Waals surface area contributed by atoms with Crippen molar-refractivity contribution < 1.29 is 32.0 Å². The van der Waals surface area contributed by atoms with Crippen LogP contribution >= 0.6 is 15.9 Å². The fraction of sp³-hybridized carbons (Fsp3) is 0.611. The highest BCUT2D eigenvalue weighted by Gasteiger charge is 2.54. The van der Waals surface area contributed by atoms with E-state index in [1.807, 2.05) is 27.7 Å². The lowest BCUT2D eigenvalue weighted by molar-refractivity contribution is -0.143. The van der Waals surface area contributed by atoms with Crippen LogP contribution in [0.2, 0.25) is 0 Å². The molecule has 9 heteroatoms. The molecule has 1 aromatic rings. The third-order valence-corrected chi connectivity index (χ3v) is 5.71. The summed E-state index contributed by atoms with van der Waals surface area (Å²) in [4.78, 5) is 12.1. The van der Waals surface area contributed by atoms with Crippen molar-refractivity contribution in [2.24, 2.45) is 0 Å². The van der Waals surface area contributed by atoms with Gasteiger partial charge < -0.3 is 14.0 Å². The zero-order valence-corrected chi connectivity index (χ0v) is 17.5. The van der Waals surface area contributed by atoms with Crippen molar-refractivity contribution in [3.63, 3.8) is 0 Å². The van der Waals surface area contributed by atoms with Crippen LogP contribution in [0.15, 0.2) is 22.7 Å². The molecule has 0 amide bonds. The van der Waals surface area contributed by atoms with Gasteiger partial charge in [0.1, 0.15) is 0 Å². The number of esters is 1. The Balaban J connectivity index is 2.44. The number of ether oxygens (including phenoxy) is 1. The molecular weight excluding hydrogens is 428 g/mol. The zero-order valence-electron chi connectivity index (χ0n) is 15.9. The molecule has 0 aliphatic carbocycles. The Morgan fingerprint density at radius 1 is 1.22 bits per heavy atom. The molecule has 4 nitrogen and oxygen atoms in total. The molecule has 1 heterocycles. The van der Waals surface area contributed by atoms with Crippen LogP contribution in [-0.2, 0) is 25.0 Å². The standard InChI is InChI=1S/C18H23BBrF3O4/c1-6-25-15(24)10-13(19-26-16(2,3)17(4,5)27-19)11-7-8-14(20)12(9-11)18(21,22)23/h7-9,13H,6,10H2,1-5H3. The van der Waals surface area contributed by atoms with Crippen LogP contribution in [0, 0.1) is 0 Å². The van der Waals surface area contributed by atoms with Crippen LogP contribution < -0.4 is 0 Å². The summed E-state index contributed by atoms with van der Waals surface area (Å²) >= 11 is 2.94. The monoisotopic (exact) mass is 450 g/mol. The molecule has 1 unspecified atom stereocenters. The molecule has 0 bridgehead atoms. The minimum atomic E-state index is -4.53. The number of carbonyl (C=O) groups excluding carboxylic acids is 1. The Bertz CT molecular complexity index is 690. The number of hydrogen-bond acceptors (Lipinski definition) is 4. The summed E-state index contributed by atoms with van der Waals surface area (Å²) in [6.45, 7) is 9.23. The number of benzene rings is 1. The molecule has 27 heavy (non-hydrogen) atoms. The van der Waals surface area contributed by atoms with Crippen molar-refractivity contribution in [3.05, 3.63) is 33.8 Å². The first-order chi connectivity index (χ1) is 12.3. The molecule has 2 rings (SSSR count). The lowest BCUT2D eigenvalue weighted by Crippen LogP contribution is -2.41. The number of rotatable bonds is 5. The van der Waals surface area contributed by atoms with Gasteiger partial charge in [0, 0.05) is 10.3 Å². The molecule has 1 aromatic carbocycles. The Labute approximate surface area is 166 Å². The first-order valence-electron chi connectivity index (χ1n) is 8.66. The quantitative estimate of drug-likeness (QED) is 0.460. The lowest BCUT2D eigenvalue weighted by atomic mass is 9.66. The first kappa shape index (κ1) is 22.2. The van der Waals surface area contributed by atoms with Crippen LogP contribution in [0.25, 0.3) is 0 Å². The maximum Gasteiger partial charge on any atom is 0.466 e. The van der Waals surface area contributed by atoms with E-state index in [9.17, 15) is 18.0 Å². The van der Waals surface area contributed by atoms with Crippen molar-refractivity contribution in [2.45, 2.75) is 64.2 Å². The second-order valence-corrected chi connectivity index (χ2v) is 8.33. The molecule has 150 valence electrons. The van der Waals surface area contributed by atoms with Gasteiger partial charge >= 0.3 is 19.3 Å². The average Bonchev–Trinajstić information content (AvgIpc) is 2.72. The maximum absolute atomic E-state index is 13.3. The summed E-state index contributed by atoms with van der Waals surface area (Å²) in [6.07, 6.45) is -4.68. The first-order valence-corrected chi connectivity index (χ1v) is 9.45. The van der Waals surface area contributed by atoms with Crippen LogP contribution in [0.1, 0.15) is 58.0 Å². The van der Waals surface area contributed by atoms with Crippen LogP contribution in [0.5, 0.6) is 0 Å². The summed E-state index contributed by atoms with van der Waals surface area (Å²) in [7, 11) is -0.873. The Hall–Kier alpha value is -1.06. The van der Waals surface area contributed by atoms with Crippen molar-refractivity contribution in [3.8, 4) is 0 Å². The number of hydrogen-bond donors (Lipinski definition) is 0.